The molecule has 1 N–H and O–H groups in total. The summed E-state index contributed by atoms with van der Waals surface area (Å²) in [5.41, 5.74) is -0.334. The second-order valence-corrected chi connectivity index (χ2v) is 6.10. The number of hydrogen-bond acceptors (Lipinski definition) is 3. The zero-order chi connectivity index (χ0) is 12.5. The first-order chi connectivity index (χ1) is 7.91. The van der Waals surface area contributed by atoms with Crippen molar-refractivity contribution in [2.45, 2.75) is 70.2 Å². The van der Waals surface area contributed by atoms with Crippen LogP contribution in [0.15, 0.2) is 0 Å². The average molecular weight is 241 g/mol. The molecule has 2 aliphatic rings. The summed E-state index contributed by atoms with van der Waals surface area (Å²) < 4.78 is 10.9. The van der Waals surface area contributed by atoms with Crippen LogP contribution in [0.25, 0.3) is 0 Å². The molecule has 2 atom stereocenters. The summed E-state index contributed by atoms with van der Waals surface area (Å²) in [5, 5.41) is 2.80. The van der Waals surface area contributed by atoms with Gasteiger partial charge in [-0.25, -0.2) is 4.79 Å². The molecule has 0 radical (unpaired) electrons. The van der Waals surface area contributed by atoms with Crippen LogP contribution in [-0.2, 0) is 9.47 Å². The number of nitrogens with one attached hydrogen (secondary N) is 1. The maximum absolute atomic E-state index is 11.4. The van der Waals surface area contributed by atoms with Crippen LogP contribution in [0, 0.1) is 0 Å². The van der Waals surface area contributed by atoms with Crippen molar-refractivity contribution in [1.82, 2.24) is 5.32 Å². The van der Waals surface area contributed by atoms with E-state index in [0.717, 1.165) is 12.8 Å². The molecule has 0 aromatic carbocycles. The van der Waals surface area contributed by atoms with Crippen molar-refractivity contribution >= 4 is 6.09 Å². The number of alkyl carbamates (subject to hydrolysis) is 1. The predicted octanol–water partition coefficient (Wildman–Crippen LogP) is 2.61. The molecule has 4 nitrogen and oxygen atoms in total. The number of ether oxygens (including phenoxy) is 2. The summed E-state index contributed by atoms with van der Waals surface area (Å²) in [6.07, 6.45) is 5.91. The van der Waals surface area contributed by atoms with Gasteiger partial charge in [-0.3, -0.25) is 0 Å². The third kappa shape index (κ3) is 3.35. The van der Waals surface area contributed by atoms with Crippen molar-refractivity contribution < 1.29 is 14.3 Å². The molecule has 17 heavy (non-hydrogen) atoms. The SMILES string of the molecule is CC(C)(C)OC(=O)NCCC12CCCCC1O2. The van der Waals surface area contributed by atoms with Crippen LogP contribution >= 0.6 is 0 Å². The van der Waals surface area contributed by atoms with E-state index in [2.05, 4.69) is 5.32 Å². The third-order valence-electron chi connectivity index (χ3n) is 3.44. The highest BCUT2D eigenvalue weighted by Gasteiger charge is 2.56. The van der Waals surface area contributed by atoms with Gasteiger partial charge in [0.2, 0.25) is 0 Å². The van der Waals surface area contributed by atoms with E-state index in [4.69, 9.17) is 9.47 Å². The molecule has 1 aliphatic heterocycles. The smallest absolute Gasteiger partial charge is 0.407 e. The molecule has 0 aromatic heterocycles. The molecule has 0 spiro atoms. The lowest BCUT2D eigenvalue weighted by Gasteiger charge is -2.21. The molecule has 2 rings (SSSR count). The van der Waals surface area contributed by atoms with Gasteiger partial charge in [-0.1, -0.05) is 12.8 Å². The standard InChI is InChI=1S/C13H23NO3/c1-12(2,3)17-11(15)14-9-8-13-7-5-4-6-10(13)16-13/h10H,4-9H2,1-3H3,(H,14,15). The van der Waals surface area contributed by atoms with Crippen molar-refractivity contribution in [2.24, 2.45) is 0 Å². The van der Waals surface area contributed by atoms with Gasteiger partial charge in [-0.2, -0.15) is 0 Å². The van der Waals surface area contributed by atoms with E-state index in [1.54, 1.807) is 0 Å². The van der Waals surface area contributed by atoms with Gasteiger partial charge in [-0.05, 0) is 40.0 Å². The minimum Gasteiger partial charge on any atom is -0.444 e. The second kappa shape index (κ2) is 4.48. The molecule has 98 valence electrons. The molecule has 2 unspecified atom stereocenters. The summed E-state index contributed by atoms with van der Waals surface area (Å²) in [6, 6.07) is 0. The molecule has 2 fully saturated rings. The van der Waals surface area contributed by atoms with E-state index in [-0.39, 0.29) is 11.7 Å². The Labute approximate surface area is 103 Å². The van der Waals surface area contributed by atoms with Crippen LogP contribution in [0.5, 0.6) is 0 Å². The maximum Gasteiger partial charge on any atom is 0.407 e. The summed E-state index contributed by atoms with van der Waals surface area (Å²) in [7, 11) is 0. The molecule has 1 saturated carbocycles. The summed E-state index contributed by atoms with van der Waals surface area (Å²) in [4.78, 5) is 11.4. The molecular formula is C13H23NO3. The number of carbonyl (C=O) groups is 1. The quantitative estimate of drug-likeness (QED) is 0.773. The lowest BCUT2D eigenvalue weighted by molar-refractivity contribution is 0.0523. The molecule has 1 aliphatic carbocycles. The molecule has 1 amide bonds. The van der Waals surface area contributed by atoms with Gasteiger partial charge in [0.05, 0.1) is 11.7 Å². The van der Waals surface area contributed by atoms with E-state index >= 15 is 0 Å². The molecule has 1 heterocycles. The Kier molecular flexibility index (Phi) is 3.34. The summed E-state index contributed by atoms with van der Waals surface area (Å²) in [5.74, 6) is 0. The largest absolute Gasteiger partial charge is 0.444 e. The van der Waals surface area contributed by atoms with E-state index in [1.165, 1.54) is 19.3 Å². The van der Waals surface area contributed by atoms with E-state index in [9.17, 15) is 4.79 Å². The van der Waals surface area contributed by atoms with E-state index in [0.29, 0.717) is 12.6 Å². The second-order valence-electron chi connectivity index (χ2n) is 6.10. The Morgan fingerprint density at radius 2 is 2.24 bits per heavy atom. The predicted molar refractivity (Wildman–Crippen MR) is 64.9 cm³/mol. The monoisotopic (exact) mass is 241 g/mol. The Balaban J connectivity index is 1.65. The maximum atomic E-state index is 11.4. The number of rotatable bonds is 3. The van der Waals surface area contributed by atoms with Gasteiger partial charge >= 0.3 is 6.09 Å². The fourth-order valence-electron chi connectivity index (χ4n) is 2.58. The van der Waals surface area contributed by atoms with Crippen molar-refractivity contribution in [3.8, 4) is 0 Å². The van der Waals surface area contributed by atoms with Gasteiger partial charge in [0, 0.05) is 6.54 Å². The van der Waals surface area contributed by atoms with E-state index in [1.807, 2.05) is 20.8 Å². The highest BCUT2D eigenvalue weighted by Crippen LogP contribution is 2.49. The summed E-state index contributed by atoms with van der Waals surface area (Å²) >= 11 is 0. The van der Waals surface area contributed by atoms with Crippen LogP contribution in [0.4, 0.5) is 4.79 Å². The Hall–Kier alpha value is -0.770. The molecule has 0 aromatic rings. The first-order valence-electron chi connectivity index (χ1n) is 6.56. The van der Waals surface area contributed by atoms with Crippen LogP contribution in [0.2, 0.25) is 0 Å². The minimum atomic E-state index is -0.425. The Morgan fingerprint density at radius 1 is 1.47 bits per heavy atom. The number of hydrogen-bond donors (Lipinski definition) is 1. The lowest BCUT2D eigenvalue weighted by Crippen LogP contribution is -2.35. The fourth-order valence-corrected chi connectivity index (χ4v) is 2.58. The highest BCUT2D eigenvalue weighted by atomic mass is 16.6. The number of amides is 1. The minimum absolute atomic E-state index is 0.0905. The molecule has 4 heteroatoms. The van der Waals surface area contributed by atoms with Gasteiger partial charge in [-0.15, -0.1) is 0 Å². The van der Waals surface area contributed by atoms with Crippen LogP contribution < -0.4 is 5.32 Å². The molecular weight excluding hydrogens is 218 g/mol. The third-order valence-corrected chi connectivity index (χ3v) is 3.44. The molecule has 0 bridgehead atoms. The topological polar surface area (TPSA) is 50.9 Å². The zero-order valence-corrected chi connectivity index (χ0v) is 11.0. The lowest BCUT2D eigenvalue weighted by atomic mass is 9.87. The first kappa shape index (κ1) is 12.7. The zero-order valence-electron chi connectivity index (χ0n) is 11.0. The number of fused-ring (bicyclic) bond motifs is 1. The normalized spacial score (nSPS) is 31.6. The van der Waals surface area contributed by atoms with Gasteiger partial charge in [0.15, 0.2) is 0 Å². The van der Waals surface area contributed by atoms with Crippen molar-refractivity contribution in [1.29, 1.82) is 0 Å². The van der Waals surface area contributed by atoms with E-state index < -0.39 is 5.60 Å². The number of epoxide rings is 1. The fraction of sp³-hybridized carbons (Fsp3) is 0.923. The van der Waals surface area contributed by atoms with Gasteiger partial charge in [0.1, 0.15) is 5.60 Å². The molecule has 1 saturated heterocycles. The van der Waals surface area contributed by atoms with Crippen molar-refractivity contribution in [2.75, 3.05) is 6.54 Å². The highest BCUT2D eigenvalue weighted by molar-refractivity contribution is 5.67. The van der Waals surface area contributed by atoms with Crippen molar-refractivity contribution in [3.05, 3.63) is 0 Å². The Morgan fingerprint density at radius 3 is 2.88 bits per heavy atom. The van der Waals surface area contributed by atoms with Crippen LogP contribution in [-0.4, -0.2) is 29.9 Å². The van der Waals surface area contributed by atoms with Crippen LogP contribution in [0.3, 0.4) is 0 Å². The summed E-state index contributed by atoms with van der Waals surface area (Å²) in [6.45, 7) is 6.25. The van der Waals surface area contributed by atoms with Crippen molar-refractivity contribution in [3.63, 3.8) is 0 Å². The van der Waals surface area contributed by atoms with Gasteiger partial charge in [0.25, 0.3) is 0 Å². The Bertz CT molecular complexity index is 298. The first-order valence-corrected chi connectivity index (χ1v) is 6.56. The van der Waals surface area contributed by atoms with Gasteiger partial charge < -0.3 is 14.8 Å². The van der Waals surface area contributed by atoms with Crippen LogP contribution in [0.1, 0.15) is 52.9 Å². The number of carbonyl (C=O) groups excluding carboxylic acids is 1. The average Bonchev–Trinajstić information content (AvgIpc) is 2.89.